The highest BCUT2D eigenvalue weighted by atomic mass is 19.3. The number of hydrogen-bond donors (Lipinski definition) is 3. The molecule has 5 fully saturated rings. The molecule has 0 aromatic carbocycles. The first kappa shape index (κ1) is 40.2. The van der Waals surface area contributed by atoms with Crippen LogP contribution in [0.3, 0.4) is 0 Å². The van der Waals surface area contributed by atoms with Gasteiger partial charge < -0.3 is 20.5 Å². The van der Waals surface area contributed by atoms with E-state index in [4.69, 9.17) is 4.74 Å². The van der Waals surface area contributed by atoms with Crippen molar-refractivity contribution in [3.63, 3.8) is 0 Å². The lowest BCUT2D eigenvalue weighted by molar-refractivity contribution is -0.232. The molecule has 6 aliphatic rings. The predicted octanol–water partition coefficient (Wildman–Crippen LogP) is 9.26. The van der Waals surface area contributed by atoms with Crippen molar-refractivity contribution in [1.82, 2.24) is 10.6 Å². The lowest BCUT2D eigenvalue weighted by atomic mass is 9.33. The van der Waals surface area contributed by atoms with Gasteiger partial charge in [0, 0.05) is 31.2 Å². The van der Waals surface area contributed by atoms with Crippen LogP contribution in [0.25, 0.3) is 0 Å². The summed E-state index contributed by atoms with van der Waals surface area (Å²) in [6.45, 7) is 19.6. The number of carbonyl (C=O) groups excluding carboxylic acids is 3. The number of carbonyl (C=O) groups is 4. The summed E-state index contributed by atoms with van der Waals surface area (Å²) in [6.07, 6.45) is 7.64. The van der Waals surface area contributed by atoms with Gasteiger partial charge in [-0.25, -0.2) is 13.6 Å². The van der Waals surface area contributed by atoms with E-state index in [1.54, 1.807) is 13.8 Å². The Hall–Kier alpha value is -2.52. The first-order valence-electron chi connectivity index (χ1n) is 20.6. The summed E-state index contributed by atoms with van der Waals surface area (Å²) < 4.78 is 33.7. The maximum absolute atomic E-state index is 13.9. The van der Waals surface area contributed by atoms with Crippen LogP contribution in [0.5, 0.6) is 0 Å². The molecule has 2 amide bonds. The number of aliphatic carboxylic acids is 1. The van der Waals surface area contributed by atoms with Crippen molar-refractivity contribution in [3.8, 4) is 0 Å². The van der Waals surface area contributed by atoms with Gasteiger partial charge in [0.05, 0.1) is 17.4 Å². The second-order valence-corrected chi connectivity index (χ2v) is 20.6. The van der Waals surface area contributed by atoms with Crippen molar-refractivity contribution < 1.29 is 37.8 Å². The molecule has 298 valence electrons. The average molecular weight is 745 g/mol. The Kier molecular flexibility index (Phi) is 10.1. The quantitative estimate of drug-likeness (QED) is 0.213. The van der Waals surface area contributed by atoms with Crippen LogP contribution in [0.15, 0.2) is 11.1 Å². The van der Waals surface area contributed by atoms with Crippen LogP contribution in [-0.4, -0.2) is 53.0 Å². The van der Waals surface area contributed by atoms with Crippen LogP contribution in [0.2, 0.25) is 0 Å². The fraction of sp³-hybridized carbons (Fsp3) is 0.860. The number of alkyl halides is 2. The molecule has 0 aliphatic heterocycles. The number of halogens is 2. The number of urea groups is 1. The highest BCUT2D eigenvalue weighted by molar-refractivity contribution is 6.02. The van der Waals surface area contributed by atoms with E-state index in [1.807, 2.05) is 0 Å². The van der Waals surface area contributed by atoms with Gasteiger partial charge >= 0.3 is 18.0 Å². The number of ketones is 1. The van der Waals surface area contributed by atoms with Crippen molar-refractivity contribution in [2.75, 3.05) is 6.54 Å². The predicted molar refractivity (Wildman–Crippen MR) is 199 cm³/mol. The van der Waals surface area contributed by atoms with E-state index in [1.165, 1.54) is 0 Å². The Morgan fingerprint density at radius 3 is 2.15 bits per heavy atom. The standard InChI is InChI=1S/C43H66F2N2O6/c1-25(2)33-28(48)22-42(47-36(52)46-24-26-12-18-43(44,45)19-13-26)21-20-40(8)27(34(33)42)10-11-30-39(7)16-15-31(53-32(49)23-37(3,4)35(50)51)38(5,6)29(39)14-17-41(30,40)9/h25-27,29-31H,10-24H2,1-9H3,(H,50,51)(H2,46,47,52)/t27?,29?,30?,31-,39-,40+,41+,42+/m0/s1. The topological polar surface area (TPSA) is 122 Å². The zero-order chi connectivity index (χ0) is 39.2. The summed E-state index contributed by atoms with van der Waals surface area (Å²) in [5.74, 6) is -2.94. The zero-order valence-corrected chi connectivity index (χ0v) is 33.8. The lowest BCUT2D eigenvalue weighted by Crippen LogP contribution is -2.67. The molecule has 53 heavy (non-hydrogen) atoms. The van der Waals surface area contributed by atoms with Gasteiger partial charge in [0.15, 0.2) is 5.78 Å². The largest absolute Gasteiger partial charge is 0.481 e. The first-order chi connectivity index (χ1) is 24.4. The molecule has 0 radical (unpaired) electrons. The Bertz CT molecular complexity index is 1540. The minimum absolute atomic E-state index is 0.00946. The molecule has 3 N–H and O–H groups in total. The summed E-state index contributed by atoms with van der Waals surface area (Å²) in [5.41, 5.74) is -0.220. The van der Waals surface area contributed by atoms with E-state index in [0.717, 1.165) is 56.1 Å². The van der Waals surface area contributed by atoms with E-state index >= 15 is 0 Å². The van der Waals surface area contributed by atoms with Crippen molar-refractivity contribution in [1.29, 1.82) is 0 Å². The number of allylic oxidation sites excluding steroid dienone is 1. The van der Waals surface area contributed by atoms with E-state index in [-0.39, 0.29) is 83.0 Å². The third-order valence-electron chi connectivity index (χ3n) is 16.5. The molecule has 0 aromatic rings. The average Bonchev–Trinajstić information content (AvgIpc) is 3.33. The number of Topliss-reactive ketones (excluding diaryl/α,β-unsaturated/α-hetero) is 1. The zero-order valence-electron chi connectivity index (χ0n) is 33.8. The summed E-state index contributed by atoms with van der Waals surface area (Å²) in [7, 11) is 0. The number of fused-ring (bicyclic) bond motifs is 7. The second-order valence-electron chi connectivity index (χ2n) is 20.6. The Labute approximate surface area is 315 Å². The van der Waals surface area contributed by atoms with Crippen molar-refractivity contribution in [2.45, 2.75) is 170 Å². The SMILES string of the molecule is CC(C)C1=C2C3CCC4[C@@]5(C)CC[C@H](OC(=O)CC(C)(C)C(=O)O)C(C)(C)C5CC[C@@]4(C)[C@]3(C)CC[C@@]2(NC(=O)NCC2CCC(F)(F)CC2)CC1=O. The molecule has 0 saturated heterocycles. The Morgan fingerprint density at radius 1 is 0.868 bits per heavy atom. The summed E-state index contributed by atoms with van der Waals surface area (Å²) in [6, 6.07) is -0.305. The van der Waals surface area contributed by atoms with Crippen LogP contribution in [0, 0.1) is 56.7 Å². The highest BCUT2D eigenvalue weighted by Gasteiger charge is 2.70. The number of esters is 1. The van der Waals surface area contributed by atoms with Crippen LogP contribution in [0.4, 0.5) is 13.6 Å². The normalized spacial score (nSPS) is 39.4. The molecular weight excluding hydrogens is 678 g/mol. The fourth-order valence-electron chi connectivity index (χ4n) is 13.4. The van der Waals surface area contributed by atoms with Crippen LogP contribution < -0.4 is 10.6 Å². The maximum atomic E-state index is 13.9. The summed E-state index contributed by atoms with van der Waals surface area (Å²) >= 11 is 0. The number of nitrogens with one attached hydrogen (secondary N) is 2. The highest BCUT2D eigenvalue weighted by Crippen LogP contribution is 2.76. The Morgan fingerprint density at radius 2 is 1.53 bits per heavy atom. The molecule has 5 saturated carbocycles. The van der Waals surface area contributed by atoms with Gasteiger partial charge in [-0.05, 0) is 135 Å². The van der Waals surface area contributed by atoms with Crippen molar-refractivity contribution in [2.24, 2.45) is 56.7 Å². The second kappa shape index (κ2) is 13.3. The van der Waals surface area contributed by atoms with Gasteiger partial charge in [-0.1, -0.05) is 48.5 Å². The maximum Gasteiger partial charge on any atom is 0.315 e. The van der Waals surface area contributed by atoms with Gasteiger partial charge in [-0.3, -0.25) is 14.4 Å². The van der Waals surface area contributed by atoms with Gasteiger partial charge in [-0.15, -0.1) is 0 Å². The molecule has 0 bridgehead atoms. The van der Waals surface area contributed by atoms with Gasteiger partial charge in [0.25, 0.3) is 0 Å². The van der Waals surface area contributed by atoms with E-state index in [0.29, 0.717) is 37.6 Å². The number of amides is 2. The lowest BCUT2D eigenvalue weighted by Gasteiger charge is -2.72. The van der Waals surface area contributed by atoms with Gasteiger partial charge in [-0.2, -0.15) is 0 Å². The number of hydrogen-bond acceptors (Lipinski definition) is 5. The van der Waals surface area contributed by atoms with Crippen molar-refractivity contribution in [3.05, 3.63) is 11.1 Å². The monoisotopic (exact) mass is 744 g/mol. The number of ether oxygens (including phenoxy) is 1. The third-order valence-corrected chi connectivity index (χ3v) is 16.5. The third kappa shape index (κ3) is 6.55. The molecule has 0 heterocycles. The van der Waals surface area contributed by atoms with Crippen LogP contribution in [0.1, 0.15) is 152 Å². The number of carboxylic acids is 1. The van der Waals surface area contributed by atoms with Gasteiger partial charge in [0.1, 0.15) is 6.10 Å². The molecule has 3 unspecified atom stereocenters. The Balaban J connectivity index is 1.23. The van der Waals surface area contributed by atoms with E-state index in [2.05, 4.69) is 59.1 Å². The van der Waals surface area contributed by atoms with Crippen LogP contribution >= 0.6 is 0 Å². The molecule has 8 nitrogen and oxygen atoms in total. The molecule has 10 heteroatoms. The molecule has 0 spiro atoms. The number of rotatable bonds is 8. The molecule has 6 rings (SSSR count). The fourth-order valence-corrected chi connectivity index (χ4v) is 13.4. The minimum atomic E-state index is -2.61. The van der Waals surface area contributed by atoms with E-state index < -0.39 is 28.8 Å². The molecule has 0 aromatic heterocycles. The number of carboxylic acid groups (broad SMARTS) is 1. The molecule has 6 aliphatic carbocycles. The summed E-state index contributed by atoms with van der Waals surface area (Å²) in [4.78, 5) is 52.4. The van der Waals surface area contributed by atoms with Crippen LogP contribution in [-0.2, 0) is 19.1 Å². The van der Waals surface area contributed by atoms with E-state index in [9.17, 15) is 33.1 Å². The first-order valence-corrected chi connectivity index (χ1v) is 20.6. The minimum Gasteiger partial charge on any atom is -0.481 e. The smallest absolute Gasteiger partial charge is 0.315 e. The van der Waals surface area contributed by atoms with Crippen molar-refractivity contribution >= 4 is 23.8 Å². The van der Waals surface area contributed by atoms with Gasteiger partial charge in [0.2, 0.25) is 5.92 Å². The molecule has 8 atom stereocenters. The summed E-state index contributed by atoms with van der Waals surface area (Å²) in [5, 5.41) is 16.0. The molecular formula is C43H66F2N2O6.